The molecule has 0 aliphatic carbocycles. The fraction of sp³-hybridized carbons (Fsp3) is 0.480. The van der Waals surface area contributed by atoms with Crippen LogP contribution in [0.4, 0.5) is 0 Å². The Balaban J connectivity index is 1.77. The lowest BCUT2D eigenvalue weighted by Gasteiger charge is -2.29. The van der Waals surface area contributed by atoms with Gasteiger partial charge in [-0.25, -0.2) is 8.42 Å². The molecule has 1 fully saturated rings. The topological polar surface area (TPSA) is 63.7 Å². The van der Waals surface area contributed by atoms with Gasteiger partial charge in [-0.2, -0.15) is 0 Å². The molecule has 0 unspecified atom stereocenters. The summed E-state index contributed by atoms with van der Waals surface area (Å²) in [5.41, 5.74) is 3.97. The highest BCUT2D eigenvalue weighted by Gasteiger charge is 2.35. The Bertz CT molecular complexity index is 1060. The van der Waals surface area contributed by atoms with E-state index >= 15 is 0 Å². The minimum Gasteiger partial charge on any atom is -0.484 e. The summed E-state index contributed by atoms with van der Waals surface area (Å²) in [5.74, 6) is 0.460. The SMILES string of the molecule is Cc1cc(OCC(=O)N(Cc2ccc(C(C)(C)C)cc2)[C@H]2CCS(=O)(=O)C2)cc(C)c1Cl. The summed E-state index contributed by atoms with van der Waals surface area (Å²) < 4.78 is 29.9. The molecule has 2 aromatic rings. The number of sulfone groups is 1. The summed E-state index contributed by atoms with van der Waals surface area (Å²) in [6.07, 6.45) is 0.452. The zero-order valence-corrected chi connectivity index (χ0v) is 21.0. The molecule has 1 saturated heterocycles. The molecule has 2 aromatic carbocycles. The largest absolute Gasteiger partial charge is 0.484 e. The van der Waals surface area contributed by atoms with Crippen molar-refractivity contribution in [2.24, 2.45) is 0 Å². The van der Waals surface area contributed by atoms with Crippen LogP contribution in [-0.2, 0) is 26.6 Å². The summed E-state index contributed by atoms with van der Waals surface area (Å²) >= 11 is 6.22. The Kier molecular flexibility index (Phi) is 7.25. The number of rotatable bonds is 6. The average Bonchev–Trinajstić information content (AvgIpc) is 3.07. The molecule has 3 rings (SSSR count). The molecule has 5 nitrogen and oxygen atoms in total. The van der Waals surface area contributed by atoms with E-state index in [9.17, 15) is 13.2 Å². The highest BCUT2D eigenvalue weighted by Crippen LogP contribution is 2.27. The van der Waals surface area contributed by atoms with Crippen molar-refractivity contribution in [3.05, 3.63) is 63.7 Å². The number of aryl methyl sites for hydroxylation is 2. The fourth-order valence-corrected chi connectivity index (χ4v) is 5.81. The summed E-state index contributed by atoms with van der Waals surface area (Å²) in [6, 6.07) is 11.4. The van der Waals surface area contributed by atoms with E-state index in [-0.39, 0.29) is 35.5 Å². The molecule has 0 spiro atoms. The molecule has 0 N–H and O–H groups in total. The van der Waals surface area contributed by atoms with Crippen LogP contribution in [0.2, 0.25) is 5.02 Å². The number of hydrogen-bond donors (Lipinski definition) is 0. The highest BCUT2D eigenvalue weighted by atomic mass is 35.5. The second-order valence-electron chi connectivity index (χ2n) is 9.69. The second-order valence-corrected chi connectivity index (χ2v) is 12.3. The van der Waals surface area contributed by atoms with Gasteiger partial charge >= 0.3 is 0 Å². The number of carbonyl (C=O) groups is 1. The first-order valence-corrected chi connectivity index (χ1v) is 13.0. The first kappa shape index (κ1) is 24.6. The van der Waals surface area contributed by atoms with Crippen molar-refractivity contribution in [1.29, 1.82) is 0 Å². The van der Waals surface area contributed by atoms with Crippen molar-refractivity contribution in [3.63, 3.8) is 0 Å². The number of ether oxygens (including phenoxy) is 1. The van der Waals surface area contributed by atoms with Gasteiger partial charge in [-0.15, -0.1) is 0 Å². The molecule has 1 aliphatic heterocycles. The van der Waals surface area contributed by atoms with Gasteiger partial charge in [-0.1, -0.05) is 56.6 Å². The zero-order valence-electron chi connectivity index (χ0n) is 19.4. The predicted octanol–water partition coefficient (Wildman–Crippen LogP) is 4.85. The first-order valence-electron chi connectivity index (χ1n) is 10.8. The third-order valence-corrected chi connectivity index (χ3v) is 8.26. The van der Waals surface area contributed by atoms with Gasteiger partial charge in [0.05, 0.1) is 11.5 Å². The van der Waals surface area contributed by atoms with Crippen LogP contribution in [0.25, 0.3) is 0 Å². The molecule has 0 radical (unpaired) electrons. The normalized spacial score (nSPS) is 17.9. The van der Waals surface area contributed by atoms with E-state index in [0.29, 0.717) is 23.7 Å². The maximum Gasteiger partial charge on any atom is 0.261 e. The van der Waals surface area contributed by atoms with E-state index in [0.717, 1.165) is 16.7 Å². The standard InChI is InChI=1S/C25H32ClNO4S/c1-17-12-22(13-18(2)24(17)26)31-15-23(28)27(21-10-11-32(29,30)16-21)14-19-6-8-20(9-7-19)25(3,4)5/h6-9,12-13,21H,10-11,14-16H2,1-5H3/t21-/m0/s1. The quantitative estimate of drug-likeness (QED) is 0.596. The lowest BCUT2D eigenvalue weighted by atomic mass is 9.86. The van der Waals surface area contributed by atoms with E-state index in [4.69, 9.17) is 16.3 Å². The molecular formula is C25H32ClNO4S. The van der Waals surface area contributed by atoms with Crippen molar-refractivity contribution < 1.29 is 17.9 Å². The molecule has 1 amide bonds. The molecule has 7 heteroatoms. The Morgan fingerprint density at radius 3 is 2.22 bits per heavy atom. The fourth-order valence-electron chi connectivity index (χ4n) is 3.97. The van der Waals surface area contributed by atoms with Gasteiger partial charge in [0.2, 0.25) is 0 Å². The molecule has 174 valence electrons. The second kappa shape index (κ2) is 9.44. The van der Waals surface area contributed by atoms with Gasteiger partial charge in [-0.3, -0.25) is 4.79 Å². The van der Waals surface area contributed by atoms with Crippen LogP contribution in [0.5, 0.6) is 5.75 Å². The van der Waals surface area contributed by atoms with Crippen LogP contribution in [0.1, 0.15) is 49.4 Å². The molecule has 1 aliphatic rings. The maximum atomic E-state index is 13.2. The first-order chi connectivity index (χ1) is 14.9. The van der Waals surface area contributed by atoms with Crippen LogP contribution < -0.4 is 4.74 Å². The molecule has 0 aromatic heterocycles. The van der Waals surface area contributed by atoms with Crippen molar-refractivity contribution >= 4 is 27.3 Å². The van der Waals surface area contributed by atoms with Crippen molar-refractivity contribution in [3.8, 4) is 5.75 Å². The predicted molar refractivity (Wildman–Crippen MR) is 129 cm³/mol. The van der Waals surface area contributed by atoms with Crippen LogP contribution in [0.3, 0.4) is 0 Å². The summed E-state index contributed by atoms with van der Waals surface area (Å²) in [4.78, 5) is 14.8. The van der Waals surface area contributed by atoms with Gasteiger partial charge in [-0.05, 0) is 60.1 Å². The van der Waals surface area contributed by atoms with Gasteiger partial charge in [0.25, 0.3) is 5.91 Å². The smallest absolute Gasteiger partial charge is 0.261 e. The summed E-state index contributed by atoms with van der Waals surface area (Å²) in [7, 11) is -3.12. The highest BCUT2D eigenvalue weighted by molar-refractivity contribution is 7.91. The molecule has 0 saturated carbocycles. The number of benzene rings is 2. The van der Waals surface area contributed by atoms with Gasteiger partial charge in [0.15, 0.2) is 16.4 Å². The van der Waals surface area contributed by atoms with Crippen molar-refractivity contribution in [2.75, 3.05) is 18.1 Å². The number of nitrogens with zero attached hydrogens (tertiary/aromatic N) is 1. The maximum absolute atomic E-state index is 13.2. The van der Waals surface area contributed by atoms with Crippen LogP contribution in [0, 0.1) is 13.8 Å². The van der Waals surface area contributed by atoms with E-state index in [1.54, 1.807) is 17.0 Å². The summed E-state index contributed by atoms with van der Waals surface area (Å²) in [5, 5.41) is 0.681. The lowest BCUT2D eigenvalue weighted by molar-refractivity contribution is -0.136. The van der Waals surface area contributed by atoms with E-state index in [1.165, 1.54) is 5.56 Å². The van der Waals surface area contributed by atoms with E-state index in [2.05, 4.69) is 32.9 Å². The Morgan fingerprint density at radius 1 is 1.12 bits per heavy atom. The average molecular weight is 478 g/mol. The molecule has 0 bridgehead atoms. The van der Waals surface area contributed by atoms with Crippen molar-refractivity contribution in [1.82, 2.24) is 4.90 Å². The molecule has 32 heavy (non-hydrogen) atoms. The van der Waals surface area contributed by atoms with E-state index in [1.807, 2.05) is 26.0 Å². The number of hydrogen-bond acceptors (Lipinski definition) is 4. The minimum atomic E-state index is -3.12. The van der Waals surface area contributed by atoms with E-state index < -0.39 is 9.84 Å². The Morgan fingerprint density at radius 2 is 1.72 bits per heavy atom. The molecular weight excluding hydrogens is 446 g/mol. The molecule has 1 heterocycles. The number of halogens is 1. The van der Waals surface area contributed by atoms with Gasteiger partial charge < -0.3 is 9.64 Å². The molecule has 1 atom stereocenters. The third kappa shape index (κ3) is 6.04. The van der Waals surface area contributed by atoms with Crippen molar-refractivity contribution in [2.45, 2.75) is 59.0 Å². The van der Waals surface area contributed by atoms with Gasteiger partial charge in [0.1, 0.15) is 5.75 Å². The third-order valence-electron chi connectivity index (χ3n) is 5.91. The Hall–Kier alpha value is -2.05. The minimum absolute atomic E-state index is 0.00201. The van der Waals surface area contributed by atoms with Crippen LogP contribution in [-0.4, -0.2) is 43.4 Å². The Labute approximate surface area is 196 Å². The zero-order chi connectivity index (χ0) is 23.7. The summed E-state index contributed by atoms with van der Waals surface area (Å²) in [6.45, 7) is 10.4. The van der Waals surface area contributed by atoms with Crippen LogP contribution in [0.15, 0.2) is 36.4 Å². The lowest BCUT2D eigenvalue weighted by Crippen LogP contribution is -2.43. The monoisotopic (exact) mass is 477 g/mol. The van der Waals surface area contributed by atoms with Crippen LogP contribution >= 0.6 is 11.6 Å². The number of carbonyl (C=O) groups excluding carboxylic acids is 1. The van der Waals surface area contributed by atoms with Gasteiger partial charge in [0, 0.05) is 17.6 Å². The number of amides is 1.